The van der Waals surface area contributed by atoms with Crippen LogP contribution < -0.4 is 10.9 Å². The molecule has 1 N–H and O–H groups in total. The van der Waals surface area contributed by atoms with E-state index in [0.717, 1.165) is 0 Å². The molecule has 0 aliphatic heterocycles. The van der Waals surface area contributed by atoms with Crippen molar-refractivity contribution < 1.29 is 4.79 Å². The molecule has 0 spiro atoms. The van der Waals surface area contributed by atoms with Crippen molar-refractivity contribution in [1.29, 1.82) is 5.26 Å². The van der Waals surface area contributed by atoms with Crippen molar-refractivity contribution in [1.82, 2.24) is 19.3 Å². The Morgan fingerprint density at radius 3 is 2.77 bits per heavy atom. The minimum Gasteiger partial charge on any atom is -0.324 e. The molecule has 0 saturated carbocycles. The summed E-state index contributed by atoms with van der Waals surface area (Å²) in [5.41, 5.74) is 1.34. The monoisotopic (exact) mass is 438 g/mol. The smallest absolute Gasteiger partial charge is 0.264 e. The van der Waals surface area contributed by atoms with E-state index >= 15 is 0 Å². The fourth-order valence-corrected chi connectivity index (χ4v) is 3.30. The lowest BCUT2D eigenvalue weighted by Gasteiger charge is -2.08. The third-order valence-electron chi connectivity index (χ3n) is 4.29. The summed E-state index contributed by atoms with van der Waals surface area (Å²) in [4.78, 5) is 29.4. The van der Waals surface area contributed by atoms with Crippen molar-refractivity contribution in [2.45, 2.75) is 6.54 Å². The summed E-state index contributed by atoms with van der Waals surface area (Å²) in [6.07, 6.45) is 2.69. The molecule has 0 fully saturated rings. The Hall–Kier alpha value is -3.67. The molecule has 30 heavy (non-hydrogen) atoms. The molecule has 2 aromatic carbocycles. The van der Waals surface area contributed by atoms with Crippen LogP contribution in [-0.4, -0.2) is 25.2 Å². The van der Waals surface area contributed by atoms with Gasteiger partial charge in [0.15, 0.2) is 5.65 Å². The van der Waals surface area contributed by atoms with E-state index in [9.17, 15) is 9.59 Å². The maximum Gasteiger partial charge on any atom is 0.264 e. The summed E-state index contributed by atoms with van der Waals surface area (Å²) in [7, 11) is 0. The van der Waals surface area contributed by atoms with Gasteiger partial charge in [0.1, 0.15) is 24.3 Å². The second-order valence-electron chi connectivity index (χ2n) is 6.31. The van der Waals surface area contributed by atoms with Gasteiger partial charge in [0.25, 0.3) is 5.56 Å². The molecule has 0 aliphatic rings. The predicted molar refractivity (Wildman–Crippen MR) is 113 cm³/mol. The normalized spacial score (nSPS) is 10.7. The van der Waals surface area contributed by atoms with Gasteiger partial charge in [-0.1, -0.05) is 29.3 Å². The summed E-state index contributed by atoms with van der Waals surface area (Å²) >= 11 is 12.0. The van der Waals surface area contributed by atoms with E-state index in [0.29, 0.717) is 27.6 Å². The van der Waals surface area contributed by atoms with Crippen LogP contribution >= 0.6 is 23.2 Å². The van der Waals surface area contributed by atoms with Crippen LogP contribution in [0.5, 0.6) is 0 Å². The molecule has 0 radical (unpaired) electrons. The highest BCUT2D eigenvalue weighted by Gasteiger charge is 2.14. The van der Waals surface area contributed by atoms with Crippen molar-refractivity contribution >= 4 is 45.8 Å². The molecule has 4 rings (SSSR count). The van der Waals surface area contributed by atoms with Crippen molar-refractivity contribution in [2.24, 2.45) is 0 Å². The molecule has 0 bridgehead atoms. The first-order chi connectivity index (χ1) is 14.5. The van der Waals surface area contributed by atoms with Gasteiger partial charge in [0.2, 0.25) is 5.91 Å². The predicted octanol–water partition coefficient (Wildman–Crippen LogP) is 3.40. The highest BCUT2D eigenvalue weighted by Crippen LogP contribution is 2.20. The number of nitriles is 1. The van der Waals surface area contributed by atoms with Crippen LogP contribution in [-0.2, 0) is 11.3 Å². The second-order valence-corrected chi connectivity index (χ2v) is 7.15. The number of anilines is 1. The fraction of sp³-hybridized carbons (Fsp3) is 0.0500. The number of hydrogen-bond acceptors (Lipinski definition) is 5. The molecule has 8 nitrogen and oxygen atoms in total. The number of hydrogen-bond donors (Lipinski definition) is 1. The first-order valence-corrected chi connectivity index (χ1v) is 9.40. The van der Waals surface area contributed by atoms with E-state index in [1.54, 1.807) is 30.3 Å². The van der Waals surface area contributed by atoms with Crippen LogP contribution in [0.15, 0.2) is 59.8 Å². The van der Waals surface area contributed by atoms with Crippen LogP contribution in [0.25, 0.3) is 16.7 Å². The number of amides is 1. The fourth-order valence-electron chi connectivity index (χ4n) is 2.90. The van der Waals surface area contributed by atoms with Crippen LogP contribution in [0.1, 0.15) is 5.56 Å². The zero-order valence-electron chi connectivity index (χ0n) is 15.2. The van der Waals surface area contributed by atoms with Gasteiger partial charge < -0.3 is 5.32 Å². The molecule has 2 heterocycles. The van der Waals surface area contributed by atoms with E-state index in [1.807, 2.05) is 6.07 Å². The summed E-state index contributed by atoms with van der Waals surface area (Å²) in [6.45, 7) is -0.248. The molecular weight excluding hydrogens is 427 g/mol. The quantitative estimate of drug-likeness (QED) is 0.525. The van der Waals surface area contributed by atoms with Crippen molar-refractivity contribution in [3.63, 3.8) is 0 Å². The average molecular weight is 439 g/mol. The van der Waals surface area contributed by atoms with E-state index in [4.69, 9.17) is 28.5 Å². The third-order valence-corrected chi connectivity index (χ3v) is 4.84. The Bertz CT molecular complexity index is 1390. The van der Waals surface area contributed by atoms with Gasteiger partial charge >= 0.3 is 0 Å². The highest BCUT2D eigenvalue weighted by atomic mass is 35.5. The number of rotatable bonds is 4. The number of carbonyl (C=O) groups excluding carboxylic acids is 1. The van der Waals surface area contributed by atoms with Crippen LogP contribution in [0, 0.1) is 11.3 Å². The Labute approximate surface area is 179 Å². The number of halogens is 2. The topological polar surface area (TPSA) is 106 Å². The van der Waals surface area contributed by atoms with E-state index in [2.05, 4.69) is 15.4 Å². The largest absolute Gasteiger partial charge is 0.324 e. The Kier molecular flexibility index (Phi) is 5.23. The maximum absolute atomic E-state index is 12.8. The molecule has 4 aromatic rings. The molecule has 148 valence electrons. The lowest BCUT2D eigenvalue weighted by Crippen LogP contribution is -2.27. The molecule has 0 saturated heterocycles. The van der Waals surface area contributed by atoms with Crippen molar-refractivity contribution in [3.8, 4) is 11.8 Å². The number of carbonyl (C=O) groups is 1. The summed E-state index contributed by atoms with van der Waals surface area (Å²) in [5, 5.41) is 16.8. The SMILES string of the molecule is N#Cc1ccc(NC(=O)Cn2cnc3c(cnn3-c3cccc(Cl)c3)c2=O)cc1Cl. The number of nitrogens with zero attached hydrogens (tertiary/aromatic N) is 5. The van der Waals surface area contributed by atoms with E-state index < -0.39 is 11.5 Å². The summed E-state index contributed by atoms with van der Waals surface area (Å²) in [5.74, 6) is -0.443. The zero-order valence-corrected chi connectivity index (χ0v) is 16.7. The molecule has 10 heteroatoms. The second kappa shape index (κ2) is 7.99. The number of fused-ring (bicyclic) bond motifs is 1. The Balaban J connectivity index is 1.59. The number of nitrogens with one attached hydrogen (secondary N) is 1. The molecule has 2 aromatic heterocycles. The van der Waals surface area contributed by atoms with Gasteiger partial charge in [-0.05, 0) is 36.4 Å². The third kappa shape index (κ3) is 3.76. The molecule has 0 unspecified atom stereocenters. The maximum atomic E-state index is 12.8. The lowest BCUT2D eigenvalue weighted by molar-refractivity contribution is -0.116. The van der Waals surface area contributed by atoms with Crippen molar-refractivity contribution in [3.05, 3.63) is 81.0 Å². The molecular formula is C20H12Cl2N6O2. The first-order valence-electron chi connectivity index (χ1n) is 8.65. The summed E-state index contributed by atoms with van der Waals surface area (Å²) in [6, 6.07) is 13.5. The first kappa shape index (κ1) is 19.6. The van der Waals surface area contributed by atoms with Gasteiger partial charge in [-0.3, -0.25) is 14.2 Å². The Morgan fingerprint density at radius 1 is 1.20 bits per heavy atom. The Morgan fingerprint density at radius 2 is 2.03 bits per heavy atom. The number of benzene rings is 2. The van der Waals surface area contributed by atoms with Gasteiger partial charge in [-0.15, -0.1) is 0 Å². The van der Waals surface area contributed by atoms with Crippen molar-refractivity contribution in [2.75, 3.05) is 5.32 Å². The van der Waals surface area contributed by atoms with Gasteiger partial charge in [-0.25, -0.2) is 9.67 Å². The van der Waals surface area contributed by atoms with Gasteiger partial charge in [0.05, 0.1) is 22.5 Å². The van der Waals surface area contributed by atoms with Crippen LogP contribution in [0.3, 0.4) is 0 Å². The average Bonchev–Trinajstić information content (AvgIpc) is 3.15. The standard InChI is InChI=1S/C20H12Cl2N6O2/c21-13-2-1-3-15(6-13)28-19-16(9-25-28)20(30)27(11-24-19)10-18(29)26-14-5-4-12(8-23)17(22)7-14/h1-7,9,11H,10H2,(H,26,29). The number of aromatic nitrogens is 4. The molecule has 1 amide bonds. The van der Waals surface area contributed by atoms with E-state index in [-0.39, 0.29) is 17.0 Å². The minimum absolute atomic E-state index is 0.226. The molecule has 0 atom stereocenters. The zero-order chi connectivity index (χ0) is 21.3. The summed E-state index contributed by atoms with van der Waals surface area (Å²) < 4.78 is 2.69. The molecule has 0 aliphatic carbocycles. The van der Waals surface area contributed by atoms with Crippen LogP contribution in [0.2, 0.25) is 10.0 Å². The van der Waals surface area contributed by atoms with Gasteiger partial charge in [-0.2, -0.15) is 10.4 Å². The van der Waals surface area contributed by atoms with E-state index in [1.165, 1.54) is 33.9 Å². The van der Waals surface area contributed by atoms with Gasteiger partial charge in [0, 0.05) is 10.7 Å². The lowest BCUT2D eigenvalue weighted by atomic mass is 10.2. The highest BCUT2D eigenvalue weighted by molar-refractivity contribution is 6.32. The van der Waals surface area contributed by atoms with Crippen LogP contribution in [0.4, 0.5) is 5.69 Å². The minimum atomic E-state index is -0.443.